The van der Waals surface area contributed by atoms with Crippen LogP contribution in [0.2, 0.25) is 10.0 Å². The Bertz CT molecular complexity index is 363. The molecule has 0 bridgehead atoms. The zero-order chi connectivity index (χ0) is 10.7. The van der Waals surface area contributed by atoms with E-state index in [0.29, 0.717) is 15.8 Å². The summed E-state index contributed by atoms with van der Waals surface area (Å²) in [5.74, 6) is -0.648. The normalized spacial score (nSPS) is 11.4. The molecule has 1 aromatic carbocycles. The van der Waals surface area contributed by atoms with Crippen LogP contribution in [0.3, 0.4) is 0 Å². The third-order valence-corrected chi connectivity index (χ3v) is 2.29. The topological polar surface area (TPSA) is 46.5 Å². The minimum absolute atomic E-state index is 0. The Hall–Kier alpha value is 0.0700. The predicted molar refractivity (Wildman–Crippen MR) is 55.3 cm³/mol. The summed E-state index contributed by atoms with van der Waals surface area (Å²) in [6.45, 7) is 1.44. The van der Waals surface area contributed by atoms with Crippen molar-refractivity contribution in [1.82, 2.24) is 0 Å². The molecule has 3 nitrogen and oxygen atoms in total. The van der Waals surface area contributed by atoms with Crippen molar-refractivity contribution in [2.45, 2.75) is 13.0 Å². The molecule has 0 saturated heterocycles. The Balaban J connectivity index is 0. The van der Waals surface area contributed by atoms with E-state index in [4.69, 9.17) is 33.0 Å². The molecule has 1 unspecified atom stereocenters. The van der Waals surface area contributed by atoms with Crippen molar-refractivity contribution in [3.63, 3.8) is 0 Å². The maximum atomic E-state index is 10.5. The van der Waals surface area contributed by atoms with Gasteiger partial charge in [0.1, 0.15) is 5.75 Å². The molecule has 0 spiro atoms. The van der Waals surface area contributed by atoms with Crippen LogP contribution in [-0.4, -0.2) is 17.2 Å². The SMILES string of the molecule is CC(Oc1ccc(Cl)c(Cl)c1)C(=O)O.[H-].[Na+]. The van der Waals surface area contributed by atoms with E-state index in [-0.39, 0.29) is 31.0 Å². The van der Waals surface area contributed by atoms with Crippen LogP contribution in [0.1, 0.15) is 8.35 Å². The van der Waals surface area contributed by atoms with Gasteiger partial charge in [-0.25, -0.2) is 4.79 Å². The zero-order valence-corrected chi connectivity index (χ0v) is 11.8. The molecule has 0 amide bonds. The summed E-state index contributed by atoms with van der Waals surface area (Å²) in [7, 11) is 0. The van der Waals surface area contributed by atoms with Crippen molar-refractivity contribution in [2.75, 3.05) is 0 Å². The molecule has 0 aliphatic rings. The van der Waals surface area contributed by atoms with Crippen molar-refractivity contribution < 1.29 is 45.6 Å². The molecule has 0 aromatic heterocycles. The molecule has 0 aliphatic carbocycles. The molecule has 1 rings (SSSR count). The second-order valence-electron chi connectivity index (χ2n) is 2.67. The molecule has 15 heavy (non-hydrogen) atoms. The van der Waals surface area contributed by atoms with Gasteiger partial charge in [-0.3, -0.25) is 0 Å². The van der Waals surface area contributed by atoms with Crippen LogP contribution < -0.4 is 34.3 Å². The van der Waals surface area contributed by atoms with Gasteiger partial charge in [-0.2, -0.15) is 0 Å². The van der Waals surface area contributed by atoms with Gasteiger partial charge in [-0.15, -0.1) is 0 Å². The average molecular weight is 259 g/mol. The number of hydrogen-bond acceptors (Lipinski definition) is 2. The summed E-state index contributed by atoms with van der Waals surface area (Å²) in [6.07, 6.45) is -0.910. The molecular weight excluding hydrogens is 250 g/mol. The van der Waals surface area contributed by atoms with Crippen LogP contribution in [0.5, 0.6) is 5.75 Å². The molecule has 1 N–H and O–H groups in total. The standard InChI is InChI=1S/C9H8Cl2O3.Na.H/c1-5(9(12)13)14-6-2-3-7(10)8(11)4-6;;/h2-5H,1H3,(H,12,13);;/q;+1;-1. The van der Waals surface area contributed by atoms with Crippen LogP contribution >= 0.6 is 23.2 Å². The smallest absolute Gasteiger partial charge is 1.00 e. The largest absolute Gasteiger partial charge is 1.00 e. The molecule has 6 heteroatoms. The fraction of sp³-hybridized carbons (Fsp3) is 0.222. The maximum absolute atomic E-state index is 10.5. The molecule has 0 fully saturated rings. The molecule has 0 radical (unpaired) electrons. The van der Waals surface area contributed by atoms with Gasteiger partial charge in [0.2, 0.25) is 0 Å². The predicted octanol–water partition coefficient (Wildman–Crippen LogP) is -0.0382. The van der Waals surface area contributed by atoms with Crippen molar-refractivity contribution in [2.24, 2.45) is 0 Å². The van der Waals surface area contributed by atoms with Crippen LogP contribution in [0.15, 0.2) is 18.2 Å². The van der Waals surface area contributed by atoms with E-state index in [9.17, 15) is 4.79 Å². The number of carboxylic acids is 1. The third kappa shape index (κ3) is 4.62. The molecule has 0 aliphatic heterocycles. The van der Waals surface area contributed by atoms with Crippen molar-refractivity contribution in [1.29, 1.82) is 0 Å². The number of halogens is 2. The Kier molecular flexibility index (Phi) is 6.64. The summed E-state index contributed by atoms with van der Waals surface area (Å²) >= 11 is 11.4. The number of carbonyl (C=O) groups is 1. The van der Waals surface area contributed by atoms with Gasteiger partial charge >= 0.3 is 35.5 Å². The van der Waals surface area contributed by atoms with Gasteiger partial charge in [0.15, 0.2) is 6.10 Å². The monoisotopic (exact) mass is 258 g/mol. The number of ether oxygens (including phenoxy) is 1. The first-order chi connectivity index (χ1) is 6.50. The first-order valence-corrected chi connectivity index (χ1v) is 4.61. The molecule has 78 valence electrons. The van der Waals surface area contributed by atoms with E-state index in [1.807, 2.05) is 0 Å². The van der Waals surface area contributed by atoms with Gasteiger partial charge in [0.05, 0.1) is 10.0 Å². The van der Waals surface area contributed by atoms with Crippen molar-refractivity contribution in [3.8, 4) is 5.75 Å². The molecule has 1 atom stereocenters. The summed E-state index contributed by atoms with van der Waals surface area (Å²) < 4.78 is 5.07. The molecule has 0 saturated carbocycles. The Morgan fingerprint density at radius 3 is 2.53 bits per heavy atom. The number of carboxylic acid groups (broad SMARTS) is 1. The summed E-state index contributed by atoms with van der Waals surface area (Å²) in [5.41, 5.74) is 0. The van der Waals surface area contributed by atoms with E-state index >= 15 is 0 Å². The summed E-state index contributed by atoms with van der Waals surface area (Å²) in [4.78, 5) is 10.5. The van der Waals surface area contributed by atoms with Gasteiger partial charge < -0.3 is 11.3 Å². The van der Waals surface area contributed by atoms with E-state index in [0.717, 1.165) is 0 Å². The van der Waals surface area contributed by atoms with Crippen molar-refractivity contribution >= 4 is 29.2 Å². The number of rotatable bonds is 3. The van der Waals surface area contributed by atoms with Crippen LogP contribution in [-0.2, 0) is 4.79 Å². The average Bonchev–Trinajstić information content (AvgIpc) is 2.11. The quantitative estimate of drug-likeness (QED) is 0.775. The number of benzene rings is 1. The summed E-state index contributed by atoms with van der Waals surface area (Å²) in [6, 6.07) is 4.59. The minimum atomic E-state index is -1.03. The Morgan fingerprint density at radius 1 is 1.47 bits per heavy atom. The second-order valence-corrected chi connectivity index (χ2v) is 3.49. The number of aliphatic carboxylic acids is 1. The molecule has 1 aromatic rings. The van der Waals surface area contributed by atoms with E-state index < -0.39 is 12.1 Å². The van der Waals surface area contributed by atoms with Gasteiger partial charge in [-0.1, -0.05) is 23.2 Å². The third-order valence-electron chi connectivity index (χ3n) is 1.55. The van der Waals surface area contributed by atoms with E-state index in [2.05, 4.69) is 0 Å². The van der Waals surface area contributed by atoms with Gasteiger partial charge in [0, 0.05) is 6.07 Å². The van der Waals surface area contributed by atoms with E-state index in [1.54, 1.807) is 12.1 Å². The summed E-state index contributed by atoms with van der Waals surface area (Å²) in [5, 5.41) is 9.32. The first kappa shape index (κ1) is 15.1. The van der Waals surface area contributed by atoms with Crippen LogP contribution in [0, 0.1) is 0 Å². The maximum Gasteiger partial charge on any atom is 1.00 e. The van der Waals surface area contributed by atoms with Crippen LogP contribution in [0.25, 0.3) is 0 Å². The second kappa shape index (κ2) is 6.61. The number of hydrogen-bond donors (Lipinski definition) is 1. The first-order valence-electron chi connectivity index (χ1n) is 3.85. The fourth-order valence-corrected chi connectivity index (χ4v) is 1.09. The Morgan fingerprint density at radius 2 is 2.07 bits per heavy atom. The van der Waals surface area contributed by atoms with Crippen LogP contribution in [0.4, 0.5) is 0 Å². The fourth-order valence-electron chi connectivity index (χ4n) is 0.805. The Labute approximate surface area is 121 Å². The van der Waals surface area contributed by atoms with Gasteiger partial charge in [0.25, 0.3) is 0 Å². The van der Waals surface area contributed by atoms with Gasteiger partial charge in [-0.05, 0) is 19.1 Å². The van der Waals surface area contributed by atoms with Crippen molar-refractivity contribution in [3.05, 3.63) is 28.2 Å². The molecule has 0 heterocycles. The minimum Gasteiger partial charge on any atom is -1.00 e. The molecular formula is C9H9Cl2NaO3. The zero-order valence-electron chi connectivity index (χ0n) is 9.33. The van der Waals surface area contributed by atoms with E-state index in [1.165, 1.54) is 13.0 Å².